The maximum absolute atomic E-state index is 12.1. The third kappa shape index (κ3) is 4.48. The number of hydrogen-bond donors (Lipinski definition) is 2. The average molecular weight is 398 g/mol. The fourth-order valence-corrected chi connectivity index (χ4v) is 3.55. The van der Waals surface area contributed by atoms with Crippen molar-refractivity contribution < 1.29 is 9.59 Å². The van der Waals surface area contributed by atoms with E-state index in [1.165, 1.54) is 11.8 Å². The molecule has 0 saturated carbocycles. The smallest absolute Gasteiger partial charge is 0.256 e. The number of aryl methyl sites for hydroxylation is 3. The number of hydrogen-bond acceptors (Lipinski definition) is 6. The highest BCUT2D eigenvalue weighted by Gasteiger charge is 2.13. The Kier molecular flexibility index (Phi) is 5.93. The molecule has 0 unspecified atom stereocenters. The number of rotatable bonds is 6. The van der Waals surface area contributed by atoms with Crippen LogP contribution in [-0.2, 0) is 9.59 Å². The Bertz CT molecular complexity index is 1050. The van der Waals surface area contributed by atoms with E-state index < -0.39 is 0 Å². The molecule has 3 aromatic rings. The van der Waals surface area contributed by atoms with Crippen molar-refractivity contribution in [2.24, 2.45) is 0 Å². The summed E-state index contributed by atoms with van der Waals surface area (Å²) in [6.45, 7) is 7.67. The van der Waals surface area contributed by atoms with E-state index in [1.54, 1.807) is 4.40 Å². The van der Waals surface area contributed by atoms with Gasteiger partial charge in [-0.25, -0.2) is 4.98 Å². The van der Waals surface area contributed by atoms with Crippen LogP contribution in [0.5, 0.6) is 0 Å². The number of thioether (sulfide) groups is 1. The monoisotopic (exact) mass is 398 g/mol. The summed E-state index contributed by atoms with van der Waals surface area (Å²) in [6, 6.07) is 7.63. The van der Waals surface area contributed by atoms with Gasteiger partial charge < -0.3 is 10.6 Å². The number of carbonyl (C=O) groups is 2. The molecule has 0 bridgehead atoms. The lowest BCUT2D eigenvalue weighted by atomic mass is 10.1. The highest BCUT2D eigenvalue weighted by molar-refractivity contribution is 7.99. The predicted octanol–water partition coefficient (Wildman–Crippen LogP) is 2.20. The number of fused-ring (bicyclic) bond motifs is 1. The molecular weight excluding hydrogens is 376 g/mol. The lowest BCUT2D eigenvalue weighted by Crippen LogP contribution is -2.34. The van der Waals surface area contributed by atoms with Crippen molar-refractivity contribution in [2.75, 3.05) is 17.6 Å². The van der Waals surface area contributed by atoms with Crippen LogP contribution in [-0.4, -0.2) is 43.7 Å². The minimum atomic E-state index is -0.268. The summed E-state index contributed by atoms with van der Waals surface area (Å²) in [5.74, 6) is 0.115. The van der Waals surface area contributed by atoms with Gasteiger partial charge in [0, 0.05) is 17.1 Å². The molecule has 0 radical (unpaired) electrons. The fourth-order valence-electron chi connectivity index (χ4n) is 2.73. The highest BCUT2D eigenvalue weighted by atomic mass is 32.2. The second-order valence-electron chi connectivity index (χ2n) is 6.52. The predicted molar refractivity (Wildman–Crippen MR) is 109 cm³/mol. The first kappa shape index (κ1) is 19.8. The summed E-state index contributed by atoms with van der Waals surface area (Å²) in [6.07, 6.45) is 0. The fraction of sp³-hybridized carbons (Fsp3) is 0.316. The van der Waals surface area contributed by atoms with E-state index in [0.717, 1.165) is 28.2 Å². The molecular formula is C19H22N6O2S. The van der Waals surface area contributed by atoms with Crippen LogP contribution in [0.25, 0.3) is 5.78 Å². The van der Waals surface area contributed by atoms with Gasteiger partial charge >= 0.3 is 0 Å². The van der Waals surface area contributed by atoms with Crippen molar-refractivity contribution in [1.29, 1.82) is 0 Å². The summed E-state index contributed by atoms with van der Waals surface area (Å²) >= 11 is 1.25. The Morgan fingerprint density at radius 1 is 1.11 bits per heavy atom. The first-order valence-electron chi connectivity index (χ1n) is 8.80. The summed E-state index contributed by atoms with van der Waals surface area (Å²) < 4.78 is 1.80. The standard InChI is InChI=1S/C19H22N6O2S/c1-11-6-5-7-15(14(11)4)22-16(26)9-20-17(27)10-28-19-24-23-18-21-12(2)8-13(3)25(18)19/h5-8H,9-10H2,1-4H3,(H,20,27)(H,22,26). The Morgan fingerprint density at radius 2 is 1.89 bits per heavy atom. The van der Waals surface area contributed by atoms with E-state index in [2.05, 4.69) is 25.8 Å². The number of carbonyl (C=O) groups excluding carboxylic acids is 2. The largest absolute Gasteiger partial charge is 0.346 e. The first-order chi connectivity index (χ1) is 13.3. The zero-order valence-corrected chi connectivity index (χ0v) is 17.1. The molecule has 2 aromatic heterocycles. The molecule has 2 heterocycles. The van der Waals surface area contributed by atoms with Crippen LogP contribution in [0.15, 0.2) is 29.4 Å². The van der Waals surface area contributed by atoms with Crippen molar-refractivity contribution in [2.45, 2.75) is 32.9 Å². The molecule has 0 spiro atoms. The molecule has 0 aliphatic carbocycles. The normalized spacial score (nSPS) is 10.9. The van der Waals surface area contributed by atoms with Gasteiger partial charge in [-0.05, 0) is 51.0 Å². The summed E-state index contributed by atoms with van der Waals surface area (Å²) in [7, 11) is 0. The van der Waals surface area contributed by atoms with E-state index >= 15 is 0 Å². The second-order valence-corrected chi connectivity index (χ2v) is 7.46. The number of aromatic nitrogens is 4. The second kappa shape index (κ2) is 8.39. The minimum absolute atomic E-state index is 0.0901. The van der Waals surface area contributed by atoms with E-state index in [4.69, 9.17) is 0 Å². The summed E-state index contributed by atoms with van der Waals surface area (Å²) in [5.41, 5.74) is 4.67. The zero-order chi connectivity index (χ0) is 20.3. The molecule has 146 valence electrons. The van der Waals surface area contributed by atoms with Crippen LogP contribution < -0.4 is 10.6 Å². The molecule has 2 amide bonds. The lowest BCUT2D eigenvalue weighted by molar-refractivity contribution is -0.122. The van der Waals surface area contributed by atoms with Gasteiger partial charge in [0.05, 0.1) is 12.3 Å². The summed E-state index contributed by atoms with van der Waals surface area (Å²) in [4.78, 5) is 28.5. The van der Waals surface area contributed by atoms with Crippen LogP contribution in [0.4, 0.5) is 5.69 Å². The van der Waals surface area contributed by atoms with Gasteiger partial charge in [0.1, 0.15) is 0 Å². The van der Waals surface area contributed by atoms with Crippen LogP contribution in [0.3, 0.4) is 0 Å². The molecule has 28 heavy (non-hydrogen) atoms. The van der Waals surface area contributed by atoms with Crippen LogP contribution in [0, 0.1) is 27.7 Å². The third-order valence-corrected chi connectivity index (χ3v) is 5.25. The van der Waals surface area contributed by atoms with Crippen LogP contribution in [0.2, 0.25) is 0 Å². The van der Waals surface area contributed by atoms with E-state index in [9.17, 15) is 9.59 Å². The van der Waals surface area contributed by atoms with Gasteiger partial charge in [0.2, 0.25) is 11.8 Å². The molecule has 1 aromatic carbocycles. The van der Waals surface area contributed by atoms with Gasteiger partial charge in [-0.3, -0.25) is 14.0 Å². The van der Waals surface area contributed by atoms with Crippen molar-refractivity contribution in [3.63, 3.8) is 0 Å². The Morgan fingerprint density at radius 3 is 2.68 bits per heavy atom. The van der Waals surface area contributed by atoms with E-state index in [0.29, 0.717) is 10.9 Å². The SMILES string of the molecule is Cc1cc(C)n2c(SCC(=O)NCC(=O)Nc3cccc(C)c3C)nnc2n1. The molecule has 2 N–H and O–H groups in total. The lowest BCUT2D eigenvalue weighted by Gasteiger charge is -2.11. The Hall–Kier alpha value is -2.94. The number of anilines is 1. The molecule has 3 rings (SSSR count). The van der Waals surface area contributed by atoms with Crippen molar-refractivity contribution >= 4 is 35.0 Å². The number of benzene rings is 1. The Balaban J connectivity index is 1.52. The van der Waals surface area contributed by atoms with Crippen LogP contribution >= 0.6 is 11.8 Å². The number of amides is 2. The molecule has 0 saturated heterocycles. The van der Waals surface area contributed by atoms with Gasteiger partial charge in [0.25, 0.3) is 5.78 Å². The zero-order valence-electron chi connectivity index (χ0n) is 16.2. The molecule has 8 nitrogen and oxygen atoms in total. The quantitative estimate of drug-likeness (QED) is 0.618. The maximum Gasteiger partial charge on any atom is 0.256 e. The molecule has 0 aliphatic heterocycles. The van der Waals surface area contributed by atoms with Gasteiger partial charge in [-0.1, -0.05) is 23.9 Å². The van der Waals surface area contributed by atoms with Crippen LogP contribution in [0.1, 0.15) is 22.5 Å². The topological polar surface area (TPSA) is 101 Å². The van der Waals surface area contributed by atoms with Crippen molar-refractivity contribution in [3.05, 3.63) is 46.8 Å². The van der Waals surface area contributed by atoms with E-state index in [-0.39, 0.29) is 24.1 Å². The summed E-state index contributed by atoms with van der Waals surface area (Å²) in [5, 5.41) is 14.2. The van der Waals surface area contributed by atoms with E-state index in [1.807, 2.05) is 52.0 Å². The Labute approximate surface area is 167 Å². The van der Waals surface area contributed by atoms with Crippen molar-refractivity contribution in [1.82, 2.24) is 24.9 Å². The molecule has 0 aliphatic rings. The van der Waals surface area contributed by atoms with Gasteiger partial charge in [-0.2, -0.15) is 0 Å². The number of nitrogens with zero attached hydrogens (tertiary/aromatic N) is 4. The maximum atomic E-state index is 12.1. The van der Waals surface area contributed by atoms with Crippen molar-refractivity contribution in [3.8, 4) is 0 Å². The minimum Gasteiger partial charge on any atom is -0.346 e. The average Bonchev–Trinajstić information content (AvgIpc) is 3.05. The molecule has 9 heteroatoms. The number of nitrogens with one attached hydrogen (secondary N) is 2. The van der Waals surface area contributed by atoms with Gasteiger partial charge in [0.15, 0.2) is 5.16 Å². The third-order valence-electron chi connectivity index (χ3n) is 4.32. The molecule has 0 atom stereocenters. The first-order valence-corrected chi connectivity index (χ1v) is 9.78. The highest BCUT2D eigenvalue weighted by Crippen LogP contribution is 2.19. The molecule has 0 fully saturated rings. The van der Waals surface area contributed by atoms with Gasteiger partial charge in [-0.15, -0.1) is 10.2 Å².